The molecule has 10 heteroatoms. The van der Waals surface area contributed by atoms with Crippen molar-refractivity contribution in [2.75, 3.05) is 11.9 Å². The molecule has 190 valence electrons. The molecule has 36 heavy (non-hydrogen) atoms. The van der Waals surface area contributed by atoms with Crippen molar-refractivity contribution in [2.24, 2.45) is 0 Å². The van der Waals surface area contributed by atoms with Crippen LogP contribution >= 0.6 is 0 Å². The highest BCUT2D eigenvalue weighted by atomic mass is 19.1. The highest BCUT2D eigenvalue weighted by Crippen LogP contribution is 2.27. The Labute approximate surface area is 209 Å². The second-order valence-corrected chi connectivity index (χ2v) is 9.12. The largest absolute Gasteiger partial charge is 0.493 e. The third-order valence-corrected chi connectivity index (χ3v) is 5.04. The molecule has 0 bridgehead atoms. The van der Waals surface area contributed by atoms with Gasteiger partial charge in [0.15, 0.2) is 17.3 Å². The molecule has 0 saturated heterocycles. The van der Waals surface area contributed by atoms with E-state index in [4.69, 9.17) is 19.5 Å². The first-order valence-electron chi connectivity index (χ1n) is 11.6. The maximum Gasteiger partial charge on any atom is 0.413 e. The summed E-state index contributed by atoms with van der Waals surface area (Å²) in [7, 11) is 0. The first-order chi connectivity index (χ1) is 17.1. The van der Waals surface area contributed by atoms with Gasteiger partial charge in [0.05, 0.1) is 6.61 Å². The summed E-state index contributed by atoms with van der Waals surface area (Å²) in [5.74, 6) is 0.520. The van der Waals surface area contributed by atoms with Crippen LogP contribution in [0, 0.1) is 24.1 Å². The van der Waals surface area contributed by atoms with Crippen LogP contribution in [0.1, 0.15) is 55.8 Å². The standard InChI is InChI=1S/C26H30FN5O4/c1-6-19-20(31-32-21(19)13-28)9-10-34-22-8-7-18(27)12-17(22)15-35-23-11-16(2)14-29-24(23)30-25(33)36-26(3,4)5/h7-8,11-12,14H,6,9-10,15H2,1-5H3,(H,31,32)(H,29,30,33). The summed E-state index contributed by atoms with van der Waals surface area (Å²) in [6.07, 6.45) is 2.10. The van der Waals surface area contributed by atoms with Crippen molar-refractivity contribution in [1.82, 2.24) is 15.2 Å². The lowest BCUT2D eigenvalue weighted by molar-refractivity contribution is 0.0634. The number of rotatable bonds is 9. The second-order valence-electron chi connectivity index (χ2n) is 9.12. The van der Waals surface area contributed by atoms with Gasteiger partial charge in [0, 0.05) is 29.4 Å². The van der Waals surface area contributed by atoms with Crippen molar-refractivity contribution in [2.45, 2.75) is 59.7 Å². The fourth-order valence-electron chi connectivity index (χ4n) is 3.45. The Hall–Kier alpha value is -4.13. The van der Waals surface area contributed by atoms with Crippen LogP contribution in [0.5, 0.6) is 11.5 Å². The van der Waals surface area contributed by atoms with Crippen LogP contribution in [0.4, 0.5) is 15.0 Å². The number of anilines is 1. The van der Waals surface area contributed by atoms with E-state index in [1.165, 1.54) is 18.2 Å². The number of aromatic nitrogens is 3. The number of H-pyrrole nitrogens is 1. The number of amides is 1. The molecule has 2 aromatic heterocycles. The van der Waals surface area contributed by atoms with E-state index in [0.717, 1.165) is 16.8 Å². The Morgan fingerprint density at radius 2 is 2.00 bits per heavy atom. The molecule has 0 aliphatic carbocycles. The number of hydrogen-bond donors (Lipinski definition) is 2. The Bertz CT molecular complexity index is 1260. The van der Waals surface area contributed by atoms with Crippen LogP contribution in [-0.2, 0) is 24.2 Å². The third-order valence-electron chi connectivity index (χ3n) is 5.04. The Morgan fingerprint density at radius 3 is 2.69 bits per heavy atom. The first kappa shape index (κ1) is 26.5. The number of nitrogens with zero attached hydrogens (tertiary/aromatic N) is 3. The second kappa shape index (κ2) is 11.5. The number of carbonyl (C=O) groups is 1. The molecule has 3 rings (SSSR count). The van der Waals surface area contributed by atoms with Gasteiger partial charge in [-0.05, 0) is 63.9 Å². The molecule has 0 atom stereocenters. The van der Waals surface area contributed by atoms with Gasteiger partial charge in [0.25, 0.3) is 0 Å². The molecule has 0 aliphatic rings. The molecular formula is C26H30FN5O4. The molecule has 2 heterocycles. The summed E-state index contributed by atoms with van der Waals surface area (Å²) >= 11 is 0. The molecule has 0 radical (unpaired) electrons. The Balaban J connectivity index is 1.70. The first-order valence-corrected chi connectivity index (χ1v) is 11.6. The number of halogens is 1. The lowest BCUT2D eigenvalue weighted by Gasteiger charge is -2.20. The summed E-state index contributed by atoms with van der Waals surface area (Å²) < 4.78 is 31.2. The number of nitrogens with one attached hydrogen (secondary N) is 2. The van der Waals surface area contributed by atoms with Gasteiger partial charge in [-0.15, -0.1) is 0 Å². The summed E-state index contributed by atoms with van der Waals surface area (Å²) in [6.45, 7) is 9.34. The lowest BCUT2D eigenvalue weighted by Crippen LogP contribution is -2.27. The zero-order valence-corrected chi connectivity index (χ0v) is 21.1. The molecule has 0 fully saturated rings. The number of pyridine rings is 1. The van der Waals surface area contributed by atoms with E-state index >= 15 is 0 Å². The maximum atomic E-state index is 14.0. The molecular weight excluding hydrogens is 465 g/mol. The highest BCUT2D eigenvalue weighted by Gasteiger charge is 2.19. The Kier molecular flexibility index (Phi) is 8.48. The van der Waals surface area contributed by atoms with Crippen LogP contribution in [-0.4, -0.2) is 33.5 Å². The third kappa shape index (κ3) is 7.18. The van der Waals surface area contributed by atoms with E-state index in [0.29, 0.717) is 35.6 Å². The average molecular weight is 496 g/mol. The number of aromatic amines is 1. The minimum Gasteiger partial charge on any atom is -0.493 e. The van der Waals surface area contributed by atoms with E-state index in [2.05, 4.69) is 26.6 Å². The van der Waals surface area contributed by atoms with Gasteiger partial charge in [0.2, 0.25) is 0 Å². The summed E-state index contributed by atoms with van der Waals surface area (Å²) in [5.41, 5.74) is 2.70. The molecule has 0 saturated carbocycles. The van der Waals surface area contributed by atoms with E-state index in [1.54, 1.807) is 33.0 Å². The maximum absolute atomic E-state index is 14.0. The summed E-state index contributed by atoms with van der Waals surface area (Å²) in [6, 6.07) is 7.97. The topological polar surface area (TPSA) is 122 Å². The predicted octanol–water partition coefficient (Wildman–Crippen LogP) is 5.23. The zero-order valence-electron chi connectivity index (χ0n) is 21.1. The van der Waals surface area contributed by atoms with Crippen LogP contribution in [0.3, 0.4) is 0 Å². The molecule has 2 N–H and O–H groups in total. The minimum atomic E-state index is -0.673. The number of carbonyl (C=O) groups excluding carboxylic acids is 1. The number of ether oxygens (including phenoxy) is 3. The van der Waals surface area contributed by atoms with Crippen LogP contribution in [0.25, 0.3) is 0 Å². The van der Waals surface area contributed by atoms with Crippen molar-refractivity contribution in [1.29, 1.82) is 5.26 Å². The number of nitriles is 1. The van der Waals surface area contributed by atoms with Crippen molar-refractivity contribution < 1.29 is 23.4 Å². The molecule has 1 aromatic carbocycles. The van der Waals surface area contributed by atoms with Gasteiger partial charge in [-0.3, -0.25) is 10.4 Å². The lowest BCUT2D eigenvalue weighted by atomic mass is 10.1. The molecule has 9 nitrogen and oxygen atoms in total. The smallest absolute Gasteiger partial charge is 0.413 e. The van der Waals surface area contributed by atoms with E-state index in [-0.39, 0.29) is 19.0 Å². The fourth-order valence-corrected chi connectivity index (χ4v) is 3.45. The van der Waals surface area contributed by atoms with Crippen molar-refractivity contribution >= 4 is 11.9 Å². The fraction of sp³-hybridized carbons (Fsp3) is 0.385. The quantitative estimate of drug-likeness (QED) is 0.416. The summed E-state index contributed by atoms with van der Waals surface area (Å²) in [5, 5.41) is 18.7. The van der Waals surface area contributed by atoms with E-state index < -0.39 is 17.5 Å². The summed E-state index contributed by atoms with van der Waals surface area (Å²) in [4.78, 5) is 16.5. The van der Waals surface area contributed by atoms with Gasteiger partial charge < -0.3 is 14.2 Å². The van der Waals surface area contributed by atoms with Gasteiger partial charge in [-0.1, -0.05) is 6.92 Å². The monoisotopic (exact) mass is 495 g/mol. The SMILES string of the molecule is CCc1c(C#N)n[nH]c1CCOc1ccc(F)cc1COc1cc(C)cnc1NC(=O)OC(C)(C)C. The number of aryl methyl sites for hydroxylation is 1. The molecule has 0 unspecified atom stereocenters. The molecule has 0 spiro atoms. The van der Waals surface area contributed by atoms with E-state index in [1.807, 2.05) is 13.8 Å². The van der Waals surface area contributed by atoms with Gasteiger partial charge in [0.1, 0.15) is 29.8 Å². The molecule has 0 aliphatic heterocycles. The minimum absolute atomic E-state index is 0.0237. The normalized spacial score (nSPS) is 11.0. The van der Waals surface area contributed by atoms with Crippen molar-refractivity contribution in [3.05, 3.63) is 64.4 Å². The Morgan fingerprint density at radius 1 is 1.22 bits per heavy atom. The van der Waals surface area contributed by atoms with Gasteiger partial charge in [-0.2, -0.15) is 10.4 Å². The highest BCUT2D eigenvalue weighted by molar-refractivity contribution is 5.85. The van der Waals surface area contributed by atoms with Gasteiger partial charge >= 0.3 is 6.09 Å². The van der Waals surface area contributed by atoms with E-state index in [9.17, 15) is 9.18 Å². The molecule has 3 aromatic rings. The van der Waals surface area contributed by atoms with Gasteiger partial charge in [-0.25, -0.2) is 14.2 Å². The molecule has 1 amide bonds. The van der Waals surface area contributed by atoms with Crippen LogP contribution in [0.15, 0.2) is 30.5 Å². The number of hydrogen-bond acceptors (Lipinski definition) is 7. The van der Waals surface area contributed by atoms with Crippen LogP contribution in [0.2, 0.25) is 0 Å². The predicted molar refractivity (Wildman–Crippen MR) is 131 cm³/mol. The van der Waals surface area contributed by atoms with Crippen molar-refractivity contribution in [3.63, 3.8) is 0 Å². The van der Waals surface area contributed by atoms with Crippen LogP contribution < -0.4 is 14.8 Å². The average Bonchev–Trinajstić information content (AvgIpc) is 3.21. The zero-order chi connectivity index (χ0) is 26.3. The number of benzene rings is 1. The van der Waals surface area contributed by atoms with Crippen molar-refractivity contribution in [3.8, 4) is 17.6 Å².